The van der Waals surface area contributed by atoms with Gasteiger partial charge in [-0.3, -0.25) is 9.59 Å². The Bertz CT molecular complexity index is 811. The summed E-state index contributed by atoms with van der Waals surface area (Å²) in [4.78, 5) is 27.0. The predicted molar refractivity (Wildman–Crippen MR) is 99.3 cm³/mol. The first kappa shape index (κ1) is 17.5. The molecular formula is C18H21ClN4O2. The highest BCUT2D eigenvalue weighted by atomic mass is 35.5. The highest BCUT2D eigenvalue weighted by Gasteiger charge is 2.20. The number of aromatic nitrogens is 2. The predicted octanol–water partition coefficient (Wildman–Crippen LogP) is 2.61. The number of aryl methyl sites for hydroxylation is 1. The second-order valence-corrected chi connectivity index (χ2v) is 6.67. The van der Waals surface area contributed by atoms with Crippen LogP contribution in [0.1, 0.15) is 24.8 Å². The quantitative estimate of drug-likeness (QED) is 0.910. The Morgan fingerprint density at radius 3 is 2.56 bits per heavy atom. The number of halogens is 1. The van der Waals surface area contributed by atoms with Crippen LogP contribution in [-0.2, 0) is 18.3 Å². The van der Waals surface area contributed by atoms with Gasteiger partial charge in [0.15, 0.2) is 0 Å². The molecule has 1 amide bonds. The number of amides is 1. The van der Waals surface area contributed by atoms with Crippen molar-refractivity contribution in [2.75, 3.05) is 23.3 Å². The van der Waals surface area contributed by atoms with Gasteiger partial charge in [-0.15, -0.1) is 0 Å². The Labute approximate surface area is 151 Å². The normalized spacial score (nSPS) is 14.4. The molecule has 0 radical (unpaired) electrons. The molecule has 0 bridgehead atoms. The SMILES string of the molecule is Cn1ncc(NC(=O)Cc2ccc(Cl)cc2)c(N2CCCCC2)c1=O. The molecule has 3 rings (SSSR count). The van der Waals surface area contributed by atoms with Crippen LogP contribution in [0.2, 0.25) is 5.02 Å². The summed E-state index contributed by atoms with van der Waals surface area (Å²) in [6.07, 6.45) is 5.02. The van der Waals surface area contributed by atoms with Gasteiger partial charge in [0.1, 0.15) is 5.69 Å². The molecule has 6 nitrogen and oxygen atoms in total. The lowest BCUT2D eigenvalue weighted by atomic mass is 10.1. The molecular weight excluding hydrogens is 340 g/mol. The van der Waals surface area contributed by atoms with Gasteiger partial charge in [-0.25, -0.2) is 4.68 Å². The number of anilines is 2. The number of nitrogens with one attached hydrogen (secondary N) is 1. The van der Waals surface area contributed by atoms with Crippen molar-refractivity contribution in [3.8, 4) is 0 Å². The molecule has 2 aromatic rings. The van der Waals surface area contributed by atoms with Crippen LogP contribution in [0.3, 0.4) is 0 Å². The number of nitrogens with zero attached hydrogens (tertiary/aromatic N) is 3. The van der Waals surface area contributed by atoms with Crippen LogP contribution in [0.5, 0.6) is 0 Å². The van der Waals surface area contributed by atoms with Crippen LogP contribution >= 0.6 is 11.6 Å². The minimum absolute atomic E-state index is 0.185. The summed E-state index contributed by atoms with van der Waals surface area (Å²) in [6.45, 7) is 1.64. The first-order valence-corrected chi connectivity index (χ1v) is 8.78. The van der Waals surface area contributed by atoms with E-state index in [1.165, 1.54) is 11.1 Å². The summed E-state index contributed by atoms with van der Waals surface area (Å²) in [5.74, 6) is -0.185. The maximum Gasteiger partial charge on any atom is 0.292 e. The minimum atomic E-state index is -0.189. The van der Waals surface area contributed by atoms with Crippen molar-refractivity contribution in [3.63, 3.8) is 0 Å². The zero-order chi connectivity index (χ0) is 17.8. The molecule has 1 aromatic carbocycles. The zero-order valence-electron chi connectivity index (χ0n) is 14.2. The third kappa shape index (κ3) is 4.20. The highest BCUT2D eigenvalue weighted by molar-refractivity contribution is 6.30. The molecule has 7 heteroatoms. The van der Waals surface area contributed by atoms with E-state index in [1.807, 2.05) is 17.0 Å². The van der Waals surface area contributed by atoms with Crippen molar-refractivity contribution >= 4 is 28.9 Å². The van der Waals surface area contributed by atoms with E-state index in [4.69, 9.17) is 11.6 Å². The average Bonchev–Trinajstić information content (AvgIpc) is 2.61. The standard InChI is InChI=1S/C18H21ClN4O2/c1-22-18(25)17(23-9-3-2-4-10-23)15(12-20-22)21-16(24)11-13-5-7-14(19)8-6-13/h5-8,12H,2-4,9-11H2,1H3,(H,21,24). The maximum atomic E-state index is 12.6. The van der Waals surface area contributed by atoms with Crippen LogP contribution in [0.15, 0.2) is 35.3 Å². The second kappa shape index (κ2) is 7.70. The molecule has 25 heavy (non-hydrogen) atoms. The molecule has 1 aromatic heterocycles. The van der Waals surface area contributed by atoms with Crippen LogP contribution in [0.4, 0.5) is 11.4 Å². The van der Waals surface area contributed by atoms with Gasteiger partial charge in [0.25, 0.3) is 5.56 Å². The lowest BCUT2D eigenvalue weighted by Gasteiger charge is -2.29. The van der Waals surface area contributed by atoms with E-state index in [1.54, 1.807) is 25.4 Å². The summed E-state index contributed by atoms with van der Waals surface area (Å²) in [6, 6.07) is 7.14. The minimum Gasteiger partial charge on any atom is -0.365 e. The van der Waals surface area contributed by atoms with E-state index in [9.17, 15) is 9.59 Å². The van der Waals surface area contributed by atoms with Crippen molar-refractivity contribution in [3.05, 3.63) is 51.4 Å². The number of hydrogen-bond donors (Lipinski definition) is 1. The summed E-state index contributed by atoms with van der Waals surface area (Å²) in [7, 11) is 1.62. The third-order valence-corrected chi connectivity index (χ3v) is 4.59. The van der Waals surface area contributed by atoms with E-state index in [-0.39, 0.29) is 17.9 Å². The Balaban J connectivity index is 1.81. The summed E-state index contributed by atoms with van der Waals surface area (Å²) < 4.78 is 1.30. The first-order chi connectivity index (χ1) is 12.0. The van der Waals surface area contributed by atoms with E-state index in [0.29, 0.717) is 16.4 Å². The number of piperidine rings is 1. The molecule has 1 aliphatic heterocycles. The lowest BCUT2D eigenvalue weighted by molar-refractivity contribution is -0.115. The van der Waals surface area contributed by atoms with Gasteiger partial charge in [-0.2, -0.15) is 5.10 Å². The Morgan fingerprint density at radius 1 is 1.20 bits per heavy atom. The molecule has 0 spiro atoms. The third-order valence-electron chi connectivity index (χ3n) is 4.34. The van der Waals surface area contributed by atoms with Gasteiger partial charge >= 0.3 is 0 Å². The van der Waals surface area contributed by atoms with Gasteiger partial charge in [0, 0.05) is 25.2 Å². The molecule has 132 valence electrons. The monoisotopic (exact) mass is 360 g/mol. The summed E-state index contributed by atoms with van der Waals surface area (Å²) >= 11 is 5.87. The van der Waals surface area contributed by atoms with Gasteiger partial charge in [-0.1, -0.05) is 23.7 Å². The number of carbonyl (C=O) groups excluding carboxylic acids is 1. The van der Waals surface area contributed by atoms with Crippen molar-refractivity contribution in [1.82, 2.24) is 9.78 Å². The van der Waals surface area contributed by atoms with Crippen molar-refractivity contribution < 1.29 is 4.79 Å². The van der Waals surface area contributed by atoms with Gasteiger partial charge in [0.05, 0.1) is 18.3 Å². The van der Waals surface area contributed by atoms with Gasteiger partial charge < -0.3 is 10.2 Å². The van der Waals surface area contributed by atoms with Crippen LogP contribution < -0.4 is 15.8 Å². The smallest absolute Gasteiger partial charge is 0.292 e. The second-order valence-electron chi connectivity index (χ2n) is 6.23. The Hall–Kier alpha value is -2.34. The van der Waals surface area contributed by atoms with Crippen molar-refractivity contribution in [2.24, 2.45) is 7.05 Å². The summed E-state index contributed by atoms with van der Waals surface area (Å²) in [5.41, 5.74) is 1.68. The fraction of sp³-hybridized carbons (Fsp3) is 0.389. The Morgan fingerprint density at radius 2 is 1.88 bits per heavy atom. The Kier molecular flexibility index (Phi) is 5.38. The number of benzene rings is 1. The van der Waals surface area contributed by atoms with Gasteiger partial charge in [-0.05, 0) is 37.0 Å². The van der Waals surface area contributed by atoms with E-state index in [2.05, 4.69) is 10.4 Å². The number of rotatable bonds is 4. The molecule has 1 N–H and O–H groups in total. The molecule has 0 aliphatic carbocycles. The van der Waals surface area contributed by atoms with E-state index < -0.39 is 0 Å². The van der Waals surface area contributed by atoms with Crippen LogP contribution in [0, 0.1) is 0 Å². The molecule has 0 unspecified atom stereocenters. The topological polar surface area (TPSA) is 67.2 Å². The van der Waals surface area contributed by atoms with E-state index in [0.717, 1.165) is 31.5 Å². The van der Waals surface area contributed by atoms with Gasteiger partial charge in [0.2, 0.25) is 5.91 Å². The average molecular weight is 361 g/mol. The van der Waals surface area contributed by atoms with E-state index >= 15 is 0 Å². The van der Waals surface area contributed by atoms with Crippen LogP contribution in [0.25, 0.3) is 0 Å². The van der Waals surface area contributed by atoms with Crippen molar-refractivity contribution in [2.45, 2.75) is 25.7 Å². The van der Waals surface area contributed by atoms with Crippen molar-refractivity contribution in [1.29, 1.82) is 0 Å². The number of hydrogen-bond acceptors (Lipinski definition) is 4. The lowest BCUT2D eigenvalue weighted by Crippen LogP contribution is -2.37. The largest absolute Gasteiger partial charge is 0.365 e. The highest BCUT2D eigenvalue weighted by Crippen LogP contribution is 2.24. The summed E-state index contributed by atoms with van der Waals surface area (Å²) in [5, 5.41) is 7.53. The molecule has 0 saturated carbocycles. The molecule has 1 saturated heterocycles. The fourth-order valence-electron chi connectivity index (χ4n) is 3.02. The molecule has 1 aliphatic rings. The first-order valence-electron chi connectivity index (χ1n) is 8.40. The number of carbonyl (C=O) groups is 1. The molecule has 1 fully saturated rings. The zero-order valence-corrected chi connectivity index (χ0v) is 14.9. The fourth-order valence-corrected chi connectivity index (χ4v) is 3.15. The maximum absolute atomic E-state index is 12.6. The molecule has 2 heterocycles. The van der Waals surface area contributed by atoms with Crippen LogP contribution in [-0.4, -0.2) is 28.8 Å². The molecule has 0 atom stereocenters.